The van der Waals surface area contributed by atoms with Crippen molar-refractivity contribution in [3.05, 3.63) is 0 Å². The Labute approximate surface area is 101 Å². The molecular formula is C12H18N2O3. The summed E-state index contributed by atoms with van der Waals surface area (Å²) in [6, 6.07) is 0. The molecule has 1 N–H and O–H groups in total. The van der Waals surface area contributed by atoms with E-state index >= 15 is 0 Å². The number of carbonyl (C=O) groups is 3. The van der Waals surface area contributed by atoms with E-state index in [9.17, 15) is 14.4 Å². The van der Waals surface area contributed by atoms with E-state index in [1.54, 1.807) is 4.90 Å². The number of nitrogens with one attached hydrogen (secondary N) is 1. The molecule has 2 aliphatic heterocycles. The SMILES string of the molecule is CC(=O)CCC(=O)N1CCC2(CNC(=O)C2)C1. The van der Waals surface area contributed by atoms with Gasteiger partial charge in [0.05, 0.1) is 0 Å². The number of amides is 2. The zero-order chi connectivity index (χ0) is 12.5. The normalized spacial score (nSPS) is 27.6. The van der Waals surface area contributed by atoms with Crippen LogP contribution in [-0.2, 0) is 14.4 Å². The Morgan fingerprint density at radius 2 is 2.18 bits per heavy atom. The number of Topliss-reactive ketones (excluding diaryl/α,β-unsaturated/α-hetero) is 1. The Morgan fingerprint density at radius 3 is 2.76 bits per heavy atom. The quantitative estimate of drug-likeness (QED) is 0.758. The number of rotatable bonds is 3. The summed E-state index contributed by atoms with van der Waals surface area (Å²) in [5.74, 6) is 0.171. The van der Waals surface area contributed by atoms with Gasteiger partial charge in [0, 0.05) is 44.3 Å². The van der Waals surface area contributed by atoms with Crippen molar-refractivity contribution < 1.29 is 14.4 Å². The number of carbonyl (C=O) groups excluding carboxylic acids is 3. The second-order valence-electron chi connectivity index (χ2n) is 5.22. The van der Waals surface area contributed by atoms with Gasteiger partial charge in [0.15, 0.2) is 0 Å². The Balaban J connectivity index is 1.87. The largest absolute Gasteiger partial charge is 0.355 e. The highest BCUT2D eigenvalue weighted by Gasteiger charge is 2.44. The molecule has 2 fully saturated rings. The van der Waals surface area contributed by atoms with E-state index in [2.05, 4.69) is 5.32 Å². The highest BCUT2D eigenvalue weighted by Crippen LogP contribution is 2.36. The summed E-state index contributed by atoms with van der Waals surface area (Å²) in [7, 11) is 0. The lowest BCUT2D eigenvalue weighted by atomic mass is 9.86. The fraction of sp³-hybridized carbons (Fsp3) is 0.750. The van der Waals surface area contributed by atoms with Crippen molar-refractivity contribution in [2.24, 2.45) is 5.41 Å². The average Bonchev–Trinajstić information content (AvgIpc) is 2.83. The summed E-state index contributed by atoms with van der Waals surface area (Å²) in [5, 5.41) is 2.83. The maximum Gasteiger partial charge on any atom is 0.223 e. The predicted octanol–water partition coefficient (Wildman–Crippen LogP) is 0.0942. The van der Waals surface area contributed by atoms with Crippen molar-refractivity contribution in [3.8, 4) is 0 Å². The molecule has 1 spiro atoms. The van der Waals surface area contributed by atoms with Crippen LogP contribution in [0.3, 0.4) is 0 Å². The van der Waals surface area contributed by atoms with Crippen molar-refractivity contribution in [2.45, 2.75) is 32.6 Å². The first-order valence-corrected chi connectivity index (χ1v) is 6.05. The van der Waals surface area contributed by atoms with Crippen molar-refractivity contribution >= 4 is 17.6 Å². The molecule has 5 nitrogen and oxygen atoms in total. The highest BCUT2D eigenvalue weighted by atomic mass is 16.2. The Bertz CT molecular complexity index is 367. The second kappa shape index (κ2) is 4.47. The summed E-state index contributed by atoms with van der Waals surface area (Å²) in [5.41, 5.74) is -0.0387. The number of likely N-dealkylation sites (tertiary alicyclic amines) is 1. The first-order chi connectivity index (χ1) is 8.01. The Morgan fingerprint density at radius 1 is 1.41 bits per heavy atom. The Kier molecular flexibility index (Phi) is 3.17. The van der Waals surface area contributed by atoms with Gasteiger partial charge in [-0.2, -0.15) is 0 Å². The summed E-state index contributed by atoms with van der Waals surface area (Å²) in [6.07, 6.45) is 2.04. The average molecular weight is 238 g/mol. The number of nitrogens with zero attached hydrogens (tertiary/aromatic N) is 1. The maximum atomic E-state index is 11.8. The van der Waals surface area contributed by atoms with Crippen LogP contribution in [0, 0.1) is 5.41 Å². The molecule has 2 heterocycles. The molecule has 0 bridgehead atoms. The molecule has 0 aromatic rings. The molecule has 2 amide bonds. The molecule has 94 valence electrons. The van der Waals surface area contributed by atoms with E-state index in [0.717, 1.165) is 6.42 Å². The smallest absolute Gasteiger partial charge is 0.223 e. The zero-order valence-electron chi connectivity index (χ0n) is 10.1. The molecule has 0 radical (unpaired) electrons. The summed E-state index contributed by atoms with van der Waals surface area (Å²) in [6.45, 7) is 3.55. The molecule has 0 saturated carbocycles. The molecule has 2 saturated heterocycles. The van der Waals surface area contributed by atoms with Crippen LogP contribution in [0.4, 0.5) is 0 Å². The summed E-state index contributed by atoms with van der Waals surface area (Å²) in [4.78, 5) is 35.7. The van der Waals surface area contributed by atoms with Gasteiger partial charge in [-0.05, 0) is 13.3 Å². The minimum Gasteiger partial charge on any atom is -0.355 e. The van der Waals surface area contributed by atoms with Crippen LogP contribution >= 0.6 is 0 Å². The van der Waals surface area contributed by atoms with E-state index in [4.69, 9.17) is 0 Å². The lowest BCUT2D eigenvalue weighted by Gasteiger charge is -2.21. The number of ketones is 1. The molecule has 0 aliphatic carbocycles. The van der Waals surface area contributed by atoms with Crippen LogP contribution in [0.1, 0.15) is 32.6 Å². The van der Waals surface area contributed by atoms with E-state index in [0.29, 0.717) is 38.9 Å². The van der Waals surface area contributed by atoms with Gasteiger partial charge in [-0.1, -0.05) is 0 Å². The van der Waals surface area contributed by atoms with Crippen molar-refractivity contribution in [1.29, 1.82) is 0 Å². The van der Waals surface area contributed by atoms with E-state index in [1.807, 2.05) is 0 Å². The Hall–Kier alpha value is -1.39. The van der Waals surface area contributed by atoms with Crippen LogP contribution in [-0.4, -0.2) is 42.1 Å². The maximum absolute atomic E-state index is 11.8. The van der Waals surface area contributed by atoms with Gasteiger partial charge in [0.2, 0.25) is 11.8 Å². The molecule has 0 aromatic heterocycles. The van der Waals surface area contributed by atoms with Crippen LogP contribution in [0.15, 0.2) is 0 Å². The van der Waals surface area contributed by atoms with Crippen molar-refractivity contribution in [1.82, 2.24) is 10.2 Å². The van der Waals surface area contributed by atoms with Crippen molar-refractivity contribution in [3.63, 3.8) is 0 Å². The lowest BCUT2D eigenvalue weighted by Crippen LogP contribution is -2.33. The first-order valence-electron chi connectivity index (χ1n) is 6.05. The summed E-state index contributed by atoms with van der Waals surface area (Å²) < 4.78 is 0. The highest BCUT2D eigenvalue weighted by molar-refractivity contribution is 5.84. The van der Waals surface area contributed by atoms with Gasteiger partial charge in [-0.3, -0.25) is 9.59 Å². The topological polar surface area (TPSA) is 66.5 Å². The fourth-order valence-electron chi connectivity index (χ4n) is 2.63. The molecule has 2 rings (SSSR count). The summed E-state index contributed by atoms with van der Waals surface area (Å²) >= 11 is 0. The third-order valence-corrected chi connectivity index (χ3v) is 3.68. The minimum absolute atomic E-state index is 0.0384. The van der Waals surface area contributed by atoms with Gasteiger partial charge >= 0.3 is 0 Å². The first kappa shape index (κ1) is 12.1. The second-order valence-corrected chi connectivity index (χ2v) is 5.22. The third kappa shape index (κ3) is 2.65. The van der Waals surface area contributed by atoms with E-state index in [-0.39, 0.29) is 23.0 Å². The molecule has 2 aliphatic rings. The molecular weight excluding hydrogens is 220 g/mol. The molecule has 1 unspecified atom stereocenters. The van der Waals surface area contributed by atoms with Crippen LogP contribution < -0.4 is 5.32 Å². The van der Waals surface area contributed by atoms with E-state index in [1.165, 1.54) is 6.92 Å². The number of hydrogen-bond donors (Lipinski definition) is 1. The monoisotopic (exact) mass is 238 g/mol. The van der Waals surface area contributed by atoms with Gasteiger partial charge < -0.3 is 15.0 Å². The van der Waals surface area contributed by atoms with Crippen LogP contribution in [0.25, 0.3) is 0 Å². The van der Waals surface area contributed by atoms with Crippen molar-refractivity contribution in [2.75, 3.05) is 19.6 Å². The standard InChI is InChI=1S/C12H18N2O3/c1-9(15)2-3-11(17)14-5-4-12(8-14)6-10(16)13-7-12/h2-8H2,1H3,(H,13,16). The van der Waals surface area contributed by atoms with Crippen LogP contribution in [0.2, 0.25) is 0 Å². The van der Waals surface area contributed by atoms with Gasteiger partial charge in [-0.15, -0.1) is 0 Å². The van der Waals surface area contributed by atoms with E-state index < -0.39 is 0 Å². The van der Waals surface area contributed by atoms with Crippen LogP contribution in [0.5, 0.6) is 0 Å². The molecule has 1 atom stereocenters. The molecule has 5 heteroatoms. The van der Waals surface area contributed by atoms with Gasteiger partial charge in [-0.25, -0.2) is 0 Å². The fourth-order valence-corrected chi connectivity index (χ4v) is 2.63. The molecule has 0 aromatic carbocycles. The minimum atomic E-state index is -0.0387. The van der Waals surface area contributed by atoms with Gasteiger partial charge in [0.25, 0.3) is 0 Å². The third-order valence-electron chi connectivity index (χ3n) is 3.68. The molecule has 17 heavy (non-hydrogen) atoms. The number of hydrogen-bond acceptors (Lipinski definition) is 3. The predicted molar refractivity (Wildman–Crippen MR) is 61.2 cm³/mol. The lowest BCUT2D eigenvalue weighted by molar-refractivity contribution is -0.132. The van der Waals surface area contributed by atoms with Gasteiger partial charge in [0.1, 0.15) is 5.78 Å². The zero-order valence-corrected chi connectivity index (χ0v) is 10.1.